The van der Waals surface area contributed by atoms with E-state index in [2.05, 4.69) is 5.32 Å². The second-order valence-corrected chi connectivity index (χ2v) is 9.59. The van der Waals surface area contributed by atoms with Gasteiger partial charge in [-0.25, -0.2) is 8.42 Å². The van der Waals surface area contributed by atoms with Crippen molar-refractivity contribution in [1.29, 1.82) is 0 Å². The number of carbonyl (C=O) groups is 2. The zero-order chi connectivity index (χ0) is 21.6. The number of nitrogens with one attached hydrogen (secondary N) is 1. The van der Waals surface area contributed by atoms with E-state index in [-0.39, 0.29) is 31.5 Å². The Morgan fingerprint density at radius 1 is 1.14 bits per heavy atom. The second kappa shape index (κ2) is 10.2. The number of sulfonamides is 1. The van der Waals surface area contributed by atoms with E-state index in [0.717, 1.165) is 29.5 Å². The fourth-order valence-electron chi connectivity index (χ4n) is 3.74. The lowest BCUT2D eigenvalue weighted by molar-refractivity contribution is -0.153. The van der Waals surface area contributed by atoms with Crippen molar-refractivity contribution in [3.05, 3.63) is 28.8 Å². The Hall–Kier alpha value is -1.93. The molecule has 1 aliphatic rings. The molecule has 0 aliphatic carbocycles. The van der Waals surface area contributed by atoms with Crippen molar-refractivity contribution in [3.8, 4) is 0 Å². The molecule has 1 aromatic rings. The molecule has 0 aromatic heterocycles. The lowest BCUT2D eigenvalue weighted by Gasteiger charge is -2.31. The number of piperidine rings is 1. The number of ether oxygens (including phenoxy) is 1. The van der Waals surface area contributed by atoms with Gasteiger partial charge in [-0.2, -0.15) is 4.31 Å². The summed E-state index contributed by atoms with van der Waals surface area (Å²) in [6.07, 6.45) is 2.63. The van der Waals surface area contributed by atoms with Crippen LogP contribution in [-0.2, 0) is 24.3 Å². The van der Waals surface area contributed by atoms with Crippen LogP contribution in [0.4, 0.5) is 0 Å². The number of hydrogen-bond acceptors (Lipinski definition) is 5. The fourth-order valence-corrected chi connectivity index (χ4v) is 5.63. The number of unbranched alkanes of at least 4 members (excludes halogenated alkanes) is 1. The van der Waals surface area contributed by atoms with E-state index >= 15 is 0 Å². The van der Waals surface area contributed by atoms with Crippen molar-refractivity contribution in [2.45, 2.75) is 58.3 Å². The first-order valence-corrected chi connectivity index (χ1v) is 11.6. The highest BCUT2D eigenvalue weighted by Gasteiger charge is 2.34. The Balaban J connectivity index is 1.91. The van der Waals surface area contributed by atoms with Crippen molar-refractivity contribution in [3.63, 3.8) is 0 Å². The summed E-state index contributed by atoms with van der Waals surface area (Å²) in [6.45, 7) is 8.39. The Morgan fingerprint density at radius 2 is 1.72 bits per heavy atom. The molecular weight excluding hydrogens is 392 g/mol. The molecule has 8 heteroatoms. The van der Waals surface area contributed by atoms with Crippen LogP contribution in [0.15, 0.2) is 17.0 Å². The van der Waals surface area contributed by atoms with Crippen LogP contribution >= 0.6 is 0 Å². The van der Waals surface area contributed by atoms with Gasteiger partial charge in [0.15, 0.2) is 6.61 Å². The van der Waals surface area contributed by atoms with E-state index < -0.39 is 16.0 Å². The van der Waals surface area contributed by atoms with Crippen LogP contribution in [0, 0.1) is 26.7 Å². The summed E-state index contributed by atoms with van der Waals surface area (Å²) in [5, 5.41) is 2.70. The Labute approximate surface area is 173 Å². The van der Waals surface area contributed by atoms with Gasteiger partial charge in [-0.3, -0.25) is 9.59 Å². The van der Waals surface area contributed by atoms with Gasteiger partial charge in [0.05, 0.1) is 10.8 Å². The maximum atomic E-state index is 13.1. The molecule has 1 aromatic carbocycles. The van der Waals surface area contributed by atoms with Gasteiger partial charge in [0.1, 0.15) is 0 Å². The molecule has 162 valence electrons. The van der Waals surface area contributed by atoms with Crippen molar-refractivity contribution in [1.82, 2.24) is 9.62 Å². The van der Waals surface area contributed by atoms with Crippen molar-refractivity contribution < 1.29 is 22.7 Å². The molecule has 0 bridgehead atoms. The number of aryl methyl sites for hydroxylation is 3. The summed E-state index contributed by atoms with van der Waals surface area (Å²) in [6, 6.07) is 3.74. The first kappa shape index (κ1) is 23.3. The molecule has 1 aliphatic heterocycles. The summed E-state index contributed by atoms with van der Waals surface area (Å²) in [5.74, 6) is -1.13. The normalized spacial score (nSPS) is 15.9. The van der Waals surface area contributed by atoms with E-state index in [9.17, 15) is 18.0 Å². The number of benzene rings is 1. The van der Waals surface area contributed by atoms with Gasteiger partial charge < -0.3 is 10.1 Å². The zero-order valence-corrected chi connectivity index (χ0v) is 18.6. The van der Waals surface area contributed by atoms with Gasteiger partial charge in [-0.15, -0.1) is 0 Å². The lowest BCUT2D eigenvalue weighted by atomic mass is 9.98. The number of rotatable bonds is 8. The van der Waals surface area contributed by atoms with Gasteiger partial charge >= 0.3 is 5.97 Å². The number of hydrogen-bond donors (Lipinski definition) is 1. The van der Waals surface area contributed by atoms with Crippen molar-refractivity contribution >= 4 is 21.9 Å². The SMILES string of the molecule is CCCCNC(=O)COC(=O)C1CCN(S(=O)(=O)c2c(C)cc(C)cc2C)CC1. The van der Waals surface area contributed by atoms with Crippen LogP contribution in [0.3, 0.4) is 0 Å². The lowest BCUT2D eigenvalue weighted by Crippen LogP contribution is -2.41. The highest BCUT2D eigenvalue weighted by atomic mass is 32.2. The van der Waals surface area contributed by atoms with E-state index in [1.54, 1.807) is 0 Å². The molecule has 29 heavy (non-hydrogen) atoms. The standard InChI is InChI=1S/C21H32N2O5S/c1-5-6-9-22-19(24)14-28-21(25)18-7-10-23(11-8-18)29(26,27)20-16(3)12-15(2)13-17(20)4/h12-13,18H,5-11,14H2,1-4H3,(H,22,24). The van der Waals surface area contributed by atoms with Crippen LogP contribution in [0.25, 0.3) is 0 Å². The average Bonchev–Trinajstić information content (AvgIpc) is 2.65. The fraction of sp³-hybridized carbons (Fsp3) is 0.619. The van der Waals surface area contributed by atoms with Gasteiger partial charge in [0, 0.05) is 19.6 Å². The van der Waals surface area contributed by atoms with E-state index in [4.69, 9.17) is 4.74 Å². The number of carbonyl (C=O) groups excluding carboxylic acids is 2. The smallest absolute Gasteiger partial charge is 0.309 e. The largest absolute Gasteiger partial charge is 0.455 e. The summed E-state index contributed by atoms with van der Waals surface area (Å²) < 4.78 is 32.8. The number of esters is 1. The minimum Gasteiger partial charge on any atom is -0.455 e. The molecule has 1 amide bonds. The molecule has 0 spiro atoms. The molecule has 1 fully saturated rings. The van der Waals surface area contributed by atoms with Crippen molar-refractivity contribution in [2.75, 3.05) is 26.2 Å². The Bertz CT molecular complexity index is 820. The first-order valence-electron chi connectivity index (χ1n) is 10.2. The number of nitrogens with zero attached hydrogens (tertiary/aromatic N) is 1. The quantitative estimate of drug-likeness (QED) is 0.511. The summed E-state index contributed by atoms with van der Waals surface area (Å²) >= 11 is 0. The molecule has 0 atom stereocenters. The molecular formula is C21H32N2O5S. The second-order valence-electron chi connectivity index (χ2n) is 7.72. The van der Waals surface area contributed by atoms with E-state index in [1.165, 1.54) is 4.31 Å². The van der Waals surface area contributed by atoms with E-state index in [0.29, 0.717) is 24.3 Å². The van der Waals surface area contributed by atoms with Crippen LogP contribution in [0.2, 0.25) is 0 Å². The predicted molar refractivity (Wildman–Crippen MR) is 111 cm³/mol. The molecule has 1 N–H and O–H groups in total. The Morgan fingerprint density at radius 3 is 2.28 bits per heavy atom. The van der Waals surface area contributed by atoms with Crippen LogP contribution < -0.4 is 5.32 Å². The third-order valence-electron chi connectivity index (χ3n) is 5.19. The third-order valence-corrected chi connectivity index (χ3v) is 7.39. The minimum atomic E-state index is -3.61. The van der Waals surface area contributed by atoms with E-state index in [1.807, 2.05) is 39.8 Å². The summed E-state index contributed by atoms with van der Waals surface area (Å²) in [7, 11) is -3.61. The Kier molecular flexibility index (Phi) is 8.22. The van der Waals surface area contributed by atoms with Gasteiger partial charge in [0.2, 0.25) is 10.0 Å². The summed E-state index contributed by atoms with van der Waals surface area (Å²) in [4.78, 5) is 24.2. The highest BCUT2D eigenvalue weighted by Crippen LogP contribution is 2.29. The van der Waals surface area contributed by atoms with Crippen LogP contribution in [-0.4, -0.2) is 50.8 Å². The average molecular weight is 425 g/mol. The third kappa shape index (κ3) is 6.02. The topological polar surface area (TPSA) is 92.8 Å². The van der Waals surface area contributed by atoms with Gasteiger partial charge in [-0.1, -0.05) is 31.0 Å². The molecule has 0 radical (unpaired) electrons. The highest BCUT2D eigenvalue weighted by molar-refractivity contribution is 7.89. The molecule has 1 heterocycles. The molecule has 7 nitrogen and oxygen atoms in total. The summed E-state index contributed by atoms with van der Waals surface area (Å²) in [5.41, 5.74) is 2.50. The minimum absolute atomic E-state index is 0.261. The zero-order valence-electron chi connectivity index (χ0n) is 17.8. The molecule has 1 saturated heterocycles. The molecule has 2 rings (SSSR count). The van der Waals surface area contributed by atoms with Crippen LogP contribution in [0.5, 0.6) is 0 Å². The maximum absolute atomic E-state index is 13.1. The number of amides is 1. The molecule has 0 unspecified atom stereocenters. The van der Waals surface area contributed by atoms with Crippen molar-refractivity contribution in [2.24, 2.45) is 5.92 Å². The predicted octanol–water partition coefficient (Wildman–Crippen LogP) is 2.47. The van der Waals surface area contributed by atoms with Gasteiger partial charge in [-0.05, 0) is 51.2 Å². The van der Waals surface area contributed by atoms with Gasteiger partial charge in [0.25, 0.3) is 5.91 Å². The molecule has 0 saturated carbocycles. The first-order chi connectivity index (χ1) is 13.7. The maximum Gasteiger partial charge on any atom is 0.309 e. The van der Waals surface area contributed by atoms with Crippen LogP contribution in [0.1, 0.15) is 49.3 Å². The monoisotopic (exact) mass is 424 g/mol.